The Morgan fingerprint density at radius 2 is 2.00 bits per heavy atom. The SMILES string of the molecule is Cc1nc(C)c(-c2nc(N3CCC(N)CC3)n[nH]2)o1. The first-order valence-corrected chi connectivity index (χ1v) is 6.51. The lowest BCUT2D eigenvalue weighted by Gasteiger charge is -2.28. The monoisotopic (exact) mass is 262 g/mol. The third-order valence-corrected chi connectivity index (χ3v) is 3.41. The van der Waals surface area contributed by atoms with Gasteiger partial charge < -0.3 is 15.1 Å². The molecule has 0 saturated carbocycles. The molecule has 3 heterocycles. The lowest BCUT2D eigenvalue weighted by molar-refractivity contribution is 0.496. The summed E-state index contributed by atoms with van der Waals surface area (Å²) in [6.45, 7) is 5.51. The highest BCUT2D eigenvalue weighted by atomic mass is 16.4. The van der Waals surface area contributed by atoms with E-state index in [2.05, 4.69) is 25.1 Å². The molecule has 1 fully saturated rings. The van der Waals surface area contributed by atoms with Gasteiger partial charge in [-0.2, -0.15) is 4.98 Å². The van der Waals surface area contributed by atoms with Crippen LogP contribution in [-0.2, 0) is 0 Å². The maximum Gasteiger partial charge on any atom is 0.245 e. The normalized spacial score (nSPS) is 17.1. The molecule has 0 spiro atoms. The summed E-state index contributed by atoms with van der Waals surface area (Å²) in [5, 5.41) is 7.17. The summed E-state index contributed by atoms with van der Waals surface area (Å²) < 4.78 is 5.53. The van der Waals surface area contributed by atoms with E-state index in [1.54, 1.807) is 0 Å². The van der Waals surface area contributed by atoms with Crippen molar-refractivity contribution in [1.82, 2.24) is 20.2 Å². The smallest absolute Gasteiger partial charge is 0.245 e. The van der Waals surface area contributed by atoms with E-state index in [-0.39, 0.29) is 0 Å². The number of aryl methyl sites for hydroxylation is 2. The summed E-state index contributed by atoms with van der Waals surface area (Å²) in [7, 11) is 0. The van der Waals surface area contributed by atoms with Gasteiger partial charge in [0.15, 0.2) is 17.5 Å². The molecule has 102 valence electrons. The molecule has 0 unspecified atom stereocenters. The van der Waals surface area contributed by atoms with Crippen molar-refractivity contribution in [3.05, 3.63) is 11.6 Å². The topological polar surface area (TPSA) is 96.9 Å². The van der Waals surface area contributed by atoms with Crippen molar-refractivity contribution in [2.24, 2.45) is 5.73 Å². The van der Waals surface area contributed by atoms with Crippen LogP contribution in [0.5, 0.6) is 0 Å². The van der Waals surface area contributed by atoms with Crippen molar-refractivity contribution in [2.75, 3.05) is 18.0 Å². The van der Waals surface area contributed by atoms with Crippen LogP contribution in [0.4, 0.5) is 5.95 Å². The predicted molar refractivity (Wildman–Crippen MR) is 70.8 cm³/mol. The second-order valence-corrected chi connectivity index (χ2v) is 4.96. The number of oxazole rings is 1. The number of aromatic nitrogens is 4. The van der Waals surface area contributed by atoms with E-state index < -0.39 is 0 Å². The quantitative estimate of drug-likeness (QED) is 0.838. The predicted octanol–water partition coefficient (Wildman–Crippen LogP) is 1.00. The lowest BCUT2D eigenvalue weighted by Crippen LogP contribution is -2.40. The molecule has 7 nitrogen and oxygen atoms in total. The number of hydrogen-bond donors (Lipinski definition) is 2. The molecule has 0 aliphatic carbocycles. The fraction of sp³-hybridized carbons (Fsp3) is 0.583. The first-order valence-electron chi connectivity index (χ1n) is 6.51. The summed E-state index contributed by atoms with van der Waals surface area (Å²) in [6, 6.07) is 0.300. The highest BCUT2D eigenvalue weighted by molar-refractivity contribution is 5.52. The molecule has 2 aromatic heterocycles. The molecular weight excluding hydrogens is 244 g/mol. The molecule has 1 aliphatic heterocycles. The third-order valence-electron chi connectivity index (χ3n) is 3.41. The van der Waals surface area contributed by atoms with E-state index in [0.29, 0.717) is 29.5 Å². The number of H-pyrrole nitrogens is 1. The van der Waals surface area contributed by atoms with Crippen LogP contribution >= 0.6 is 0 Å². The highest BCUT2D eigenvalue weighted by Gasteiger charge is 2.21. The van der Waals surface area contributed by atoms with E-state index in [1.165, 1.54) is 0 Å². The summed E-state index contributed by atoms with van der Waals surface area (Å²) in [6.07, 6.45) is 1.95. The van der Waals surface area contributed by atoms with Crippen LogP contribution in [0.15, 0.2) is 4.42 Å². The van der Waals surface area contributed by atoms with E-state index in [4.69, 9.17) is 10.2 Å². The van der Waals surface area contributed by atoms with Gasteiger partial charge in [0.25, 0.3) is 0 Å². The number of anilines is 1. The number of rotatable bonds is 2. The second kappa shape index (κ2) is 4.65. The fourth-order valence-corrected chi connectivity index (χ4v) is 2.35. The van der Waals surface area contributed by atoms with Gasteiger partial charge in [-0.1, -0.05) is 0 Å². The van der Waals surface area contributed by atoms with E-state index in [1.807, 2.05) is 13.8 Å². The molecule has 0 aromatic carbocycles. The van der Waals surface area contributed by atoms with Crippen LogP contribution in [0, 0.1) is 13.8 Å². The zero-order valence-electron chi connectivity index (χ0n) is 11.2. The third kappa shape index (κ3) is 2.33. The molecule has 3 rings (SSSR count). The average Bonchev–Trinajstić information content (AvgIpc) is 2.97. The number of piperidine rings is 1. The van der Waals surface area contributed by atoms with E-state index in [0.717, 1.165) is 31.6 Å². The van der Waals surface area contributed by atoms with E-state index in [9.17, 15) is 0 Å². The van der Waals surface area contributed by atoms with Gasteiger partial charge in [-0.3, -0.25) is 5.10 Å². The van der Waals surface area contributed by atoms with E-state index >= 15 is 0 Å². The Morgan fingerprint density at radius 1 is 1.26 bits per heavy atom. The Balaban J connectivity index is 1.81. The standard InChI is InChI=1S/C12H18N6O/c1-7-10(19-8(2)14-7)11-15-12(17-16-11)18-5-3-9(13)4-6-18/h9H,3-6,13H2,1-2H3,(H,15,16,17). The van der Waals surface area contributed by atoms with Gasteiger partial charge in [0.05, 0.1) is 5.69 Å². The molecule has 0 amide bonds. The van der Waals surface area contributed by atoms with Crippen molar-refractivity contribution >= 4 is 5.95 Å². The molecular formula is C12H18N6O. The Hall–Kier alpha value is -1.89. The van der Waals surface area contributed by atoms with Crippen LogP contribution in [0.1, 0.15) is 24.4 Å². The van der Waals surface area contributed by atoms with Crippen LogP contribution in [-0.4, -0.2) is 39.3 Å². The molecule has 1 saturated heterocycles. The first kappa shape index (κ1) is 12.2. The largest absolute Gasteiger partial charge is 0.437 e. The van der Waals surface area contributed by atoms with Gasteiger partial charge in [-0.25, -0.2) is 4.98 Å². The Kier molecular flexibility index (Phi) is 2.98. The molecule has 0 radical (unpaired) electrons. The van der Waals surface area contributed by atoms with Crippen molar-refractivity contribution in [2.45, 2.75) is 32.7 Å². The highest BCUT2D eigenvalue weighted by Crippen LogP contribution is 2.23. The zero-order valence-corrected chi connectivity index (χ0v) is 11.2. The van der Waals surface area contributed by atoms with Gasteiger partial charge in [0.2, 0.25) is 5.95 Å². The minimum Gasteiger partial charge on any atom is -0.437 e. The minimum atomic E-state index is 0.300. The number of nitrogens with two attached hydrogens (primary N) is 1. The average molecular weight is 262 g/mol. The summed E-state index contributed by atoms with van der Waals surface area (Å²) in [4.78, 5) is 10.9. The van der Waals surface area contributed by atoms with Gasteiger partial charge in [0.1, 0.15) is 0 Å². The number of hydrogen-bond acceptors (Lipinski definition) is 6. The number of nitrogens with one attached hydrogen (secondary N) is 1. The molecule has 0 bridgehead atoms. The second-order valence-electron chi connectivity index (χ2n) is 4.96. The van der Waals surface area contributed by atoms with Gasteiger partial charge >= 0.3 is 0 Å². The Labute approximate surface area is 111 Å². The molecule has 7 heteroatoms. The Morgan fingerprint density at radius 3 is 2.63 bits per heavy atom. The van der Waals surface area contributed by atoms with Crippen molar-refractivity contribution in [1.29, 1.82) is 0 Å². The van der Waals surface area contributed by atoms with Gasteiger partial charge in [0, 0.05) is 26.1 Å². The van der Waals surface area contributed by atoms with Crippen LogP contribution in [0.3, 0.4) is 0 Å². The molecule has 3 N–H and O–H groups in total. The summed E-state index contributed by atoms with van der Waals surface area (Å²) in [5.74, 6) is 2.62. The lowest BCUT2D eigenvalue weighted by atomic mass is 10.1. The molecule has 1 aliphatic rings. The maximum atomic E-state index is 5.90. The van der Waals surface area contributed by atoms with Crippen LogP contribution < -0.4 is 10.6 Å². The molecule has 0 atom stereocenters. The summed E-state index contributed by atoms with van der Waals surface area (Å²) >= 11 is 0. The fourth-order valence-electron chi connectivity index (χ4n) is 2.35. The van der Waals surface area contributed by atoms with Crippen LogP contribution in [0.25, 0.3) is 11.6 Å². The molecule has 2 aromatic rings. The first-order chi connectivity index (χ1) is 9.13. The zero-order chi connectivity index (χ0) is 13.4. The van der Waals surface area contributed by atoms with Gasteiger partial charge in [-0.15, -0.1) is 5.10 Å². The number of nitrogens with zero attached hydrogens (tertiary/aromatic N) is 4. The van der Waals surface area contributed by atoms with Crippen molar-refractivity contribution in [3.8, 4) is 11.6 Å². The number of aromatic amines is 1. The van der Waals surface area contributed by atoms with Gasteiger partial charge in [-0.05, 0) is 19.8 Å². The van der Waals surface area contributed by atoms with Crippen molar-refractivity contribution in [3.63, 3.8) is 0 Å². The minimum absolute atomic E-state index is 0.300. The maximum absolute atomic E-state index is 5.90. The summed E-state index contributed by atoms with van der Waals surface area (Å²) in [5.41, 5.74) is 6.72. The Bertz CT molecular complexity index is 567. The van der Waals surface area contributed by atoms with Crippen molar-refractivity contribution < 1.29 is 4.42 Å². The van der Waals surface area contributed by atoms with Crippen LogP contribution in [0.2, 0.25) is 0 Å². The molecule has 19 heavy (non-hydrogen) atoms.